The molecule has 0 spiro atoms. The maximum Gasteiger partial charge on any atom is 0.136 e. The van der Waals surface area contributed by atoms with Crippen LogP contribution in [0, 0.1) is 30.6 Å². The van der Waals surface area contributed by atoms with E-state index in [1.807, 2.05) is 0 Å². The largest absolute Gasteiger partial charge is 0.299 e. The van der Waals surface area contributed by atoms with Crippen LogP contribution >= 0.6 is 0 Å². The molecule has 0 N–H and O–H groups in total. The van der Waals surface area contributed by atoms with E-state index in [-0.39, 0.29) is 11.8 Å². The highest BCUT2D eigenvalue weighted by Gasteiger charge is 2.35. The summed E-state index contributed by atoms with van der Waals surface area (Å²) >= 11 is 0. The van der Waals surface area contributed by atoms with E-state index in [1.165, 1.54) is 49.7 Å². The third-order valence-electron chi connectivity index (χ3n) is 8.67. The molecule has 0 bridgehead atoms. The topological polar surface area (TPSA) is 34.1 Å². The standard InChI is InChI=1S/C28H40O2/c1-20-7-2-5-12-26(20)22-10-6-11-23(15-14-22)27(29)17-18-28(30)25-16-13-21-8-3-4-9-24(21)19-25/h2,5,7,12,21-25H,3-4,6,8-11,13-19H2,1H3. The molecular formula is C28H40O2. The van der Waals surface area contributed by atoms with Crippen LogP contribution in [-0.4, -0.2) is 11.6 Å². The highest BCUT2D eigenvalue weighted by molar-refractivity contribution is 5.88. The SMILES string of the molecule is Cc1ccccc1C1CCCC(C(=O)CCC(=O)C2CCC3CCCCC3C2)CC1. The van der Waals surface area contributed by atoms with Crippen molar-refractivity contribution in [1.82, 2.24) is 0 Å². The molecule has 2 nitrogen and oxygen atoms in total. The first-order chi connectivity index (χ1) is 14.6. The minimum absolute atomic E-state index is 0.181. The van der Waals surface area contributed by atoms with E-state index in [1.54, 1.807) is 0 Å². The van der Waals surface area contributed by atoms with Crippen molar-refractivity contribution in [2.75, 3.05) is 0 Å². The van der Waals surface area contributed by atoms with Crippen molar-refractivity contribution < 1.29 is 9.59 Å². The number of fused-ring (bicyclic) bond motifs is 1. The van der Waals surface area contributed by atoms with Crippen LogP contribution in [0.15, 0.2) is 24.3 Å². The third-order valence-corrected chi connectivity index (χ3v) is 8.67. The van der Waals surface area contributed by atoms with E-state index in [4.69, 9.17) is 0 Å². The Morgan fingerprint density at radius 2 is 1.43 bits per heavy atom. The zero-order chi connectivity index (χ0) is 20.9. The highest BCUT2D eigenvalue weighted by Crippen LogP contribution is 2.43. The lowest BCUT2D eigenvalue weighted by Gasteiger charge is -2.38. The predicted octanol–water partition coefficient (Wildman–Crippen LogP) is 7.18. The second-order valence-electron chi connectivity index (χ2n) is 10.5. The van der Waals surface area contributed by atoms with Crippen LogP contribution in [0.25, 0.3) is 0 Å². The maximum atomic E-state index is 12.9. The molecule has 1 aromatic rings. The Morgan fingerprint density at radius 3 is 2.23 bits per heavy atom. The predicted molar refractivity (Wildman–Crippen MR) is 123 cm³/mol. The van der Waals surface area contributed by atoms with Gasteiger partial charge in [0.1, 0.15) is 11.6 Å². The molecule has 4 rings (SSSR count). The van der Waals surface area contributed by atoms with Crippen molar-refractivity contribution in [3.8, 4) is 0 Å². The molecule has 0 amide bonds. The van der Waals surface area contributed by atoms with E-state index in [0.29, 0.717) is 30.3 Å². The average Bonchev–Trinajstić information content (AvgIpc) is 3.03. The molecule has 3 saturated carbocycles. The molecule has 5 atom stereocenters. The van der Waals surface area contributed by atoms with Crippen LogP contribution in [-0.2, 0) is 9.59 Å². The van der Waals surface area contributed by atoms with Crippen LogP contribution in [0.4, 0.5) is 0 Å². The fourth-order valence-electron chi connectivity index (χ4n) is 6.80. The number of carbonyl (C=O) groups excluding carboxylic acids is 2. The molecule has 0 radical (unpaired) electrons. The van der Waals surface area contributed by atoms with Crippen LogP contribution in [0.1, 0.15) is 107 Å². The van der Waals surface area contributed by atoms with E-state index >= 15 is 0 Å². The molecule has 3 aliphatic carbocycles. The molecule has 5 unspecified atom stereocenters. The summed E-state index contributed by atoms with van der Waals surface area (Å²) in [5.74, 6) is 3.45. The van der Waals surface area contributed by atoms with Gasteiger partial charge in [-0.1, -0.05) is 56.4 Å². The summed E-state index contributed by atoms with van der Waals surface area (Å²) in [5.41, 5.74) is 2.85. The van der Waals surface area contributed by atoms with E-state index in [0.717, 1.165) is 50.4 Å². The number of ketones is 2. The van der Waals surface area contributed by atoms with Gasteiger partial charge in [-0.25, -0.2) is 0 Å². The average molecular weight is 409 g/mol. The number of Topliss-reactive ketones (excluding diaryl/α,β-unsaturated/α-hetero) is 2. The van der Waals surface area contributed by atoms with Crippen LogP contribution in [0.5, 0.6) is 0 Å². The zero-order valence-corrected chi connectivity index (χ0v) is 18.9. The van der Waals surface area contributed by atoms with Crippen molar-refractivity contribution in [3.05, 3.63) is 35.4 Å². The number of aryl methyl sites for hydroxylation is 1. The maximum absolute atomic E-state index is 12.9. The zero-order valence-electron chi connectivity index (χ0n) is 18.9. The van der Waals surface area contributed by atoms with Crippen LogP contribution in [0.3, 0.4) is 0 Å². The van der Waals surface area contributed by atoms with E-state index < -0.39 is 0 Å². The molecule has 1 aromatic carbocycles. The van der Waals surface area contributed by atoms with Crippen molar-refractivity contribution in [2.45, 2.75) is 103 Å². The van der Waals surface area contributed by atoms with Crippen molar-refractivity contribution in [1.29, 1.82) is 0 Å². The lowest BCUT2D eigenvalue weighted by atomic mass is 9.66. The molecule has 3 aliphatic rings. The quantitative estimate of drug-likeness (QED) is 0.467. The van der Waals surface area contributed by atoms with Gasteiger partial charge < -0.3 is 0 Å². The third kappa shape index (κ3) is 5.24. The van der Waals surface area contributed by atoms with E-state index in [9.17, 15) is 9.59 Å². The molecule has 0 aromatic heterocycles. The Balaban J connectivity index is 1.24. The Kier molecular flexibility index (Phi) is 7.44. The van der Waals surface area contributed by atoms with Gasteiger partial charge in [0, 0.05) is 24.7 Å². The van der Waals surface area contributed by atoms with Crippen LogP contribution < -0.4 is 0 Å². The number of hydrogen-bond acceptors (Lipinski definition) is 2. The minimum atomic E-state index is 0.181. The minimum Gasteiger partial charge on any atom is -0.299 e. The van der Waals surface area contributed by atoms with Crippen LogP contribution in [0.2, 0.25) is 0 Å². The van der Waals surface area contributed by atoms with Gasteiger partial charge in [-0.15, -0.1) is 0 Å². The number of rotatable bonds is 6. The van der Waals surface area contributed by atoms with Gasteiger partial charge in [-0.2, -0.15) is 0 Å². The Labute approximate surface area is 183 Å². The summed E-state index contributed by atoms with van der Waals surface area (Å²) in [6, 6.07) is 8.72. The summed E-state index contributed by atoms with van der Waals surface area (Å²) in [4.78, 5) is 25.8. The van der Waals surface area contributed by atoms with Gasteiger partial charge in [0.25, 0.3) is 0 Å². The first kappa shape index (κ1) is 21.8. The number of carbonyl (C=O) groups is 2. The fourth-order valence-corrected chi connectivity index (χ4v) is 6.80. The second-order valence-corrected chi connectivity index (χ2v) is 10.5. The molecule has 164 valence electrons. The molecule has 0 saturated heterocycles. The van der Waals surface area contributed by atoms with Gasteiger partial charge in [0.15, 0.2) is 0 Å². The fraction of sp³-hybridized carbons (Fsp3) is 0.714. The molecule has 30 heavy (non-hydrogen) atoms. The smallest absolute Gasteiger partial charge is 0.136 e. The lowest BCUT2D eigenvalue weighted by Crippen LogP contribution is -2.31. The van der Waals surface area contributed by atoms with Gasteiger partial charge >= 0.3 is 0 Å². The van der Waals surface area contributed by atoms with Crippen molar-refractivity contribution >= 4 is 11.6 Å². The van der Waals surface area contributed by atoms with Crippen molar-refractivity contribution in [3.63, 3.8) is 0 Å². The van der Waals surface area contributed by atoms with Gasteiger partial charge in [-0.05, 0) is 80.8 Å². The normalized spacial score (nSPS) is 32.1. The van der Waals surface area contributed by atoms with Crippen molar-refractivity contribution in [2.24, 2.45) is 23.7 Å². The Hall–Kier alpha value is -1.44. The number of benzene rings is 1. The molecule has 0 heterocycles. The molecule has 0 aliphatic heterocycles. The summed E-state index contributed by atoms with van der Waals surface area (Å²) in [7, 11) is 0. The van der Waals surface area contributed by atoms with Gasteiger partial charge in [0.05, 0.1) is 0 Å². The van der Waals surface area contributed by atoms with Gasteiger partial charge in [-0.3, -0.25) is 9.59 Å². The molecular weight excluding hydrogens is 368 g/mol. The summed E-state index contributed by atoms with van der Waals surface area (Å²) in [5, 5.41) is 0. The Bertz CT molecular complexity index is 736. The summed E-state index contributed by atoms with van der Waals surface area (Å²) < 4.78 is 0. The highest BCUT2D eigenvalue weighted by atomic mass is 16.1. The second kappa shape index (κ2) is 10.2. The van der Waals surface area contributed by atoms with E-state index in [2.05, 4.69) is 31.2 Å². The first-order valence-electron chi connectivity index (χ1n) is 12.7. The Morgan fingerprint density at radius 1 is 0.733 bits per heavy atom. The summed E-state index contributed by atoms with van der Waals surface area (Å²) in [6.07, 6.45) is 15.3. The first-order valence-corrected chi connectivity index (χ1v) is 12.7. The monoisotopic (exact) mass is 408 g/mol. The van der Waals surface area contributed by atoms with Gasteiger partial charge in [0.2, 0.25) is 0 Å². The molecule has 2 heteroatoms. The lowest BCUT2D eigenvalue weighted by molar-refractivity contribution is -0.129. The summed E-state index contributed by atoms with van der Waals surface area (Å²) in [6.45, 7) is 2.20. The number of hydrogen-bond donors (Lipinski definition) is 0. The molecule has 3 fully saturated rings.